The van der Waals surface area contributed by atoms with Gasteiger partial charge in [0.15, 0.2) is 0 Å². The molecule has 1 aromatic rings. The van der Waals surface area contributed by atoms with Gasteiger partial charge in [0, 0.05) is 81.9 Å². The van der Waals surface area contributed by atoms with Crippen molar-refractivity contribution in [2.75, 3.05) is 48.1 Å². The van der Waals surface area contributed by atoms with Gasteiger partial charge in [-0.05, 0) is 43.9 Å². The van der Waals surface area contributed by atoms with E-state index in [1.54, 1.807) is 19.2 Å². The molecule has 7 bridgehead atoms. The van der Waals surface area contributed by atoms with Gasteiger partial charge in [-0.15, -0.1) is 0 Å². The fourth-order valence-corrected chi connectivity index (χ4v) is 11.9. The molecule has 13 atom stereocenters. The van der Waals surface area contributed by atoms with Crippen LogP contribution < -0.4 is 0 Å². The van der Waals surface area contributed by atoms with E-state index in [1.807, 2.05) is 39.5 Å². The summed E-state index contributed by atoms with van der Waals surface area (Å²) in [5.41, 5.74) is -0.884. The summed E-state index contributed by atoms with van der Waals surface area (Å²) in [6, 6.07) is 9.32. The lowest BCUT2D eigenvalue weighted by atomic mass is 9.43. The highest BCUT2D eigenvalue weighted by molar-refractivity contribution is 5.89. The molecule has 1 aromatic carbocycles. The fraction of sp³-hybridized carbons (Fsp3) is 0.781. The predicted octanol–water partition coefficient (Wildman–Crippen LogP) is 3.02. The summed E-state index contributed by atoms with van der Waals surface area (Å²) in [6.07, 6.45) is 2.60. The van der Waals surface area contributed by atoms with E-state index in [4.69, 9.17) is 23.7 Å². The third-order valence-electron chi connectivity index (χ3n) is 12.6. The van der Waals surface area contributed by atoms with E-state index in [-0.39, 0.29) is 70.7 Å². The lowest BCUT2D eigenvalue weighted by Crippen LogP contribution is -2.76. The minimum absolute atomic E-state index is 0.0229. The number of piperidine rings is 1. The minimum atomic E-state index is -1.09. The maximum absolute atomic E-state index is 13.5. The molecule has 0 amide bonds. The Hall–Kier alpha value is -1.55. The summed E-state index contributed by atoms with van der Waals surface area (Å²) in [7, 11) is 7.22. The number of benzene rings is 1. The Labute approximate surface area is 237 Å². The number of hydrogen-bond acceptors (Lipinski definition) is 8. The molecule has 1 aliphatic heterocycles. The summed E-state index contributed by atoms with van der Waals surface area (Å²) in [6.45, 7) is 4.74. The standard InChI is InChI=1S/C32H45NO7/c1-6-33-16-30(17-36-2)13-12-22(38-4)32-20-14-19-21(37-3)15-31(35,24(28(32)33)26(39-5)27(30)32)23(20)25(19)40-29(34)18-10-8-7-9-11-18/h7-11,19-28,35H,6,12-17H2,1-5H3/t19-,20-,21+,22?,23-,24+,25+,26+,27-,28-,30+,31-,32+/m1/s1. The Morgan fingerprint density at radius 1 is 1.05 bits per heavy atom. The Kier molecular flexibility index (Phi) is 6.47. The number of carbonyl (C=O) groups excluding carboxylic acids is 1. The molecule has 6 fully saturated rings. The van der Waals surface area contributed by atoms with Crippen LogP contribution >= 0.6 is 0 Å². The van der Waals surface area contributed by atoms with Crippen molar-refractivity contribution in [1.82, 2.24) is 4.90 Å². The van der Waals surface area contributed by atoms with Gasteiger partial charge in [-0.3, -0.25) is 4.90 Å². The Morgan fingerprint density at radius 2 is 1.82 bits per heavy atom. The largest absolute Gasteiger partial charge is 0.458 e. The molecule has 40 heavy (non-hydrogen) atoms. The van der Waals surface area contributed by atoms with Gasteiger partial charge in [0.1, 0.15) is 6.10 Å². The second kappa shape index (κ2) is 9.48. The van der Waals surface area contributed by atoms with Crippen molar-refractivity contribution in [1.29, 1.82) is 0 Å². The van der Waals surface area contributed by atoms with Gasteiger partial charge in [0.25, 0.3) is 0 Å². The van der Waals surface area contributed by atoms with Crippen molar-refractivity contribution in [2.24, 2.45) is 40.4 Å². The summed E-state index contributed by atoms with van der Waals surface area (Å²) < 4.78 is 31.5. The van der Waals surface area contributed by atoms with E-state index in [2.05, 4.69) is 11.8 Å². The zero-order valence-corrected chi connectivity index (χ0v) is 24.5. The lowest BCUT2D eigenvalue weighted by molar-refractivity contribution is -0.276. The molecule has 8 heteroatoms. The molecule has 7 rings (SSSR count). The van der Waals surface area contributed by atoms with Crippen LogP contribution in [0.5, 0.6) is 0 Å². The van der Waals surface area contributed by atoms with E-state index in [9.17, 15) is 9.90 Å². The molecule has 220 valence electrons. The van der Waals surface area contributed by atoms with Crippen LogP contribution in [0.2, 0.25) is 0 Å². The molecule has 1 N–H and O–H groups in total. The van der Waals surface area contributed by atoms with Gasteiger partial charge >= 0.3 is 5.97 Å². The van der Waals surface area contributed by atoms with Crippen LogP contribution in [0.3, 0.4) is 0 Å². The van der Waals surface area contributed by atoms with Crippen LogP contribution in [0.25, 0.3) is 0 Å². The maximum atomic E-state index is 13.5. The first-order chi connectivity index (χ1) is 19.4. The average Bonchev–Trinajstić information content (AvgIpc) is 3.40. The number of fused-ring (bicyclic) bond motifs is 2. The summed E-state index contributed by atoms with van der Waals surface area (Å²) in [5.74, 6) is -0.356. The lowest BCUT2D eigenvalue weighted by Gasteiger charge is -2.69. The second-order valence-electron chi connectivity index (χ2n) is 13.5. The Morgan fingerprint density at radius 3 is 2.48 bits per heavy atom. The molecular weight excluding hydrogens is 510 g/mol. The minimum Gasteiger partial charge on any atom is -0.458 e. The van der Waals surface area contributed by atoms with Crippen LogP contribution in [0.4, 0.5) is 0 Å². The third-order valence-corrected chi connectivity index (χ3v) is 12.6. The number of rotatable bonds is 8. The van der Waals surface area contributed by atoms with Crippen LogP contribution in [0, 0.1) is 40.4 Å². The molecule has 0 radical (unpaired) electrons. The van der Waals surface area contributed by atoms with E-state index >= 15 is 0 Å². The quantitative estimate of drug-likeness (QED) is 0.490. The predicted molar refractivity (Wildman–Crippen MR) is 147 cm³/mol. The molecule has 1 unspecified atom stereocenters. The Bertz CT molecular complexity index is 1130. The zero-order valence-electron chi connectivity index (χ0n) is 24.5. The fourth-order valence-electron chi connectivity index (χ4n) is 11.9. The van der Waals surface area contributed by atoms with E-state index < -0.39 is 11.7 Å². The first-order valence-electron chi connectivity index (χ1n) is 15.2. The number of carbonyl (C=O) groups is 1. The number of aliphatic hydroxyl groups is 1. The van der Waals surface area contributed by atoms with Gasteiger partial charge in [0.2, 0.25) is 0 Å². The van der Waals surface area contributed by atoms with Gasteiger partial charge < -0.3 is 28.8 Å². The number of likely N-dealkylation sites (tertiary alicyclic amines) is 1. The third kappa shape index (κ3) is 3.16. The van der Waals surface area contributed by atoms with Crippen molar-refractivity contribution >= 4 is 5.97 Å². The van der Waals surface area contributed by atoms with Crippen LogP contribution in [0.1, 0.15) is 43.0 Å². The van der Waals surface area contributed by atoms with E-state index in [1.165, 1.54) is 0 Å². The molecule has 5 aliphatic carbocycles. The number of ether oxygens (including phenoxy) is 5. The average molecular weight is 556 g/mol. The van der Waals surface area contributed by atoms with Gasteiger partial charge in [-0.2, -0.15) is 0 Å². The molecule has 6 aliphatic rings. The van der Waals surface area contributed by atoms with Crippen molar-refractivity contribution in [3.05, 3.63) is 35.9 Å². The SMILES string of the molecule is CCN1C[C@]2(COC)CCC(OC)[C@@]34[C@@H]5C[C@H]6[C@H](OC(=O)c7ccccc7)[C@@H]5[C@](O)(C[C@@H]6OC)[C@@H]([C@H](OC)[C@H]23)[C@@H]14. The molecular formula is C32H45NO7. The highest BCUT2D eigenvalue weighted by atomic mass is 16.6. The second-order valence-corrected chi connectivity index (χ2v) is 13.5. The highest BCUT2D eigenvalue weighted by Gasteiger charge is 2.86. The summed E-state index contributed by atoms with van der Waals surface area (Å²) >= 11 is 0. The van der Waals surface area contributed by atoms with Crippen molar-refractivity contribution in [2.45, 2.75) is 68.7 Å². The number of hydrogen-bond donors (Lipinski definition) is 1. The number of esters is 1. The summed E-state index contributed by atoms with van der Waals surface area (Å²) in [5, 5.41) is 13.1. The highest BCUT2D eigenvalue weighted by Crippen LogP contribution is 2.79. The molecule has 1 saturated heterocycles. The van der Waals surface area contributed by atoms with Gasteiger partial charge in [-0.25, -0.2) is 4.79 Å². The summed E-state index contributed by atoms with van der Waals surface area (Å²) in [4.78, 5) is 16.1. The van der Waals surface area contributed by atoms with Crippen molar-refractivity contribution < 1.29 is 33.6 Å². The van der Waals surface area contributed by atoms with Crippen LogP contribution in [-0.4, -0.2) is 100 Å². The first kappa shape index (κ1) is 27.3. The van der Waals surface area contributed by atoms with Gasteiger partial charge in [-0.1, -0.05) is 25.1 Å². The van der Waals surface area contributed by atoms with Crippen molar-refractivity contribution in [3.63, 3.8) is 0 Å². The molecule has 1 heterocycles. The first-order valence-corrected chi connectivity index (χ1v) is 15.2. The maximum Gasteiger partial charge on any atom is 0.338 e. The zero-order chi connectivity index (χ0) is 28.0. The smallest absolute Gasteiger partial charge is 0.338 e. The molecule has 5 saturated carbocycles. The van der Waals surface area contributed by atoms with Gasteiger partial charge in [0.05, 0.1) is 36.1 Å². The van der Waals surface area contributed by atoms with Crippen molar-refractivity contribution in [3.8, 4) is 0 Å². The Balaban J connectivity index is 1.42. The molecule has 0 aromatic heterocycles. The monoisotopic (exact) mass is 555 g/mol. The topological polar surface area (TPSA) is 86.7 Å². The molecule has 8 nitrogen and oxygen atoms in total. The number of methoxy groups -OCH3 is 4. The normalized spacial score (nSPS) is 50.1. The van der Waals surface area contributed by atoms with E-state index in [0.29, 0.717) is 18.6 Å². The molecule has 1 spiro atoms. The van der Waals surface area contributed by atoms with Crippen LogP contribution in [0.15, 0.2) is 30.3 Å². The van der Waals surface area contributed by atoms with E-state index in [0.717, 1.165) is 32.4 Å². The van der Waals surface area contributed by atoms with Crippen LogP contribution in [-0.2, 0) is 23.7 Å². The number of nitrogens with zero attached hydrogens (tertiary/aromatic N) is 1.